The topological polar surface area (TPSA) is 110 Å². The molecule has 2 amide bonds. The van der Waals surface area contributed by atoms with Crippen molar-refractivity contribution in [2.24, 2.45) is 0 Å². The first-order valence-electron chi connectivity index (χ1n) is 18.5. The lowest BCUT2D eigenvalue weighted by Gasteiger charge is -2.39. The maximum Gasteiger partial charge on any atom is 0.302 e. The Kier molecular flexibility index (Phi) is 11.1. The van der Waals surface area contributed by atoms with Gasteiger partial charge in [-0.05, 0) is 65.7 Å². The molecule has 5 aromatic carbocycles. The van der Waals surface area contributed by atoms with Gasteiger partial charge >= 0.3 is 5.97 Å². The Morgan fingerprint density at radius 3 is 2.38 bits per heavy atom. The van der Waals surface area contributed by atoms with E-state index in [1.165, 1.54) is 6.92 Å². The van der Waals surface area contributed by atoms with Crippen LogP contribution in [0.3, 0.4) is 0 Å². The molecule has 6 aromatic rings. The summed E-state index contributed by atoms with van der Waals surface area (Å²) in [5.41, 5.74) is 4.17. The molecule has 1 N–H and O–H groups in total. The second-order valence-corrected chi connectivity index (χ2v) is 13.9. The number of aliphatic hydroxyl groups excluding tert-OH is 1. The molecule has 0 saturated heterocycles. The standard InChI is InChI=1S/C46H44N2O7/c1-4-10-42(54-31(3)50)45-44(47(46(52)34-18-15-30(2)16-19-34)29-38-27-36-13-7-8-14-41(36)55-38)39-28-37(53-24-9-23-49)21-22-40(39)48(45)43(51)26-32-17-20-33-11-5-6-12-35(33)25-32/h4-8,11-22,25,27-28,42,44-45,49H,1,9-10,23-24,26,29H2,2-3H3/t42?,44-,45+/m0/s1. The van der Waals surface area contributed by atoms with Crippen LogP contribution in [0.15, 0.2) is 132 Å². The van der Waals surface area contributed by atoms with Gasteiger partial charge in [0.15, 0.2) is 0 Å². The zero-order valence-electron chi connectivity index (χ0n) is 31.0. The molecule has 9 nitrogen and oxygen atoms in total. The molecule has 0 bridgehead atoms. The van der Waals surface area contributed by atoms with Gasteiger partial charge in [-0.2, -0.15) is 0 Å². The molecule has 0 saturated carbocycles. The van der Waals surface area contributed by atoms with E-state index >= 15 is 4.79 Å². The number of esters is 1. The third-order valence-electron chi connectivity index (χ3n) is 10.0. The Morgan fingerprint density at radius 1 is 0.909 bits per heavy atom. The number of para-hydroxylation sites is 1. The van der Waals surface area contributed by atoms with Gasteiger partial charge in [0, 0.05) is 48.6 Å². The summed E-state index contributed by atoms with van der Waals surface area (Å²) in [4.78, 5) is 46.1. The third-order valence-corrected chi connectivity index (χ3v) is 10.0. The van der Waals surface area contributed by atoms with Crippen LogP contribution >= 0.6 is 0 Å². The van der Waals surface area contributed by atoms with Gasteiger partial charge in [-0.15, -0.1) is 6.58 Å². The van der Waals surface area contributed by atoms with Gasteiger partial charge < -0.3 is 28.8 Å². The molecule has 1 unspecified atom stereocenters. The summed E-state index contributed by atoms with van der Waals surface area (Å²) in [7, 11) is 0. The molecule has 280 valence electrons. The smallest absolute Gasteiger partial charge is 0.302 e. The van der Waals surface area contributed by atoms with Crippen LogP contribution in [-0.4, -0.2) is 53.1 Å². The zero-order chi connectivity index (χ0) is 38.5. The van der Waals surface area contributed by atoms with Crippen molar-refractivity contribution < 1.29 is 33.4 Å². The van der Waals surface area contributed by atoms with E-state index in [1.54, 1.807) is 34.1 Å². The minimum absolute atomic E-state index is 0.0331. The number of aryl methyl sites for hydroxylation is 1. The Balaban J connectivity index is 1.41. The van der Waals surface area contributed by atoms with E-state index in [9.17, 15) is 14.7 Å². The first-order chi connectivity index (χ1) is 26.7. The number of carbonyl (C=O) groups is 3. The van der Waals surface area contributed by atoms with Gasteiger partial charge in [-0.1, -0.05) is 84.4 Å². The van der Waals surface area contributed by atoms with Gasteiger partial charge in [0.25, 0.3) is 5.91 Å². The molecule has 0 aliphatic carbocycles. The second kappa shape index (κ2) is 16.4. The summed E-state index contributed by atoms with van der Waals surface area (Å²) in [6, 6.07) is 34.6. The van der Waals surface area contributed by atoms with Crippen LogP contribution in [0.2, 0.25) is 0 Å². The molecular formula is C46H44N2O7. The van der Waals surface area contributed by atoms with Gasteiger partial charge in [0.2, 0.25) is 5.91 Å². The van der Waals surface area contributed by atoms with Crippen LogP contribution < -0.4 is 9.64 Å². The fourth-order valence-electron chi connectivity index (χ4n) is 7.53. The maximum absolute atomic E-state index is 15.0. The predicted octanol–water partition coefficient (Wildman–Crippen LogP) is 8.51. The molecule has 0 spiro atoms. The summed E-state index contributed by atoms with van der Waals surface area (Å²) in [6.45, 7) is 7.55. The van der Waals surface area contributed by atoms with Gasteiger partial charge in [0.05, 0.1) is 31.7 Å². The van der Waals surface area contributed by atoms with Crippen molar-refractivity contribution in [1.29, 1.82) is 0 Å². The van der Waals surface area contributed by atoms with Crippen molar-refractivity contribution in [1.82, 2.24) is 4.90 Å². The summed E-state index contributed by atoms with van der Waals surface area (Å²) < 4.78 is 18.4. The lowest BCUT2D eigenvalue weighted by Crippen LogP contribution is -2.53. The van der Waals surface area contributed by atoms with Crippen molar-refractivity contribution >= 4 is 45.2 Å². The average molecular weight is 737 g/mol. The lowest BCUT2D eigenvalue weighted by atomic mass is 9.93. The third kappa shape index (κ3) is 8.03. The van der Waals surface area contributed by atoms with Crippen molar-refractivity contribution in [2.75, 3.05) is 18.1 Å². The fourth-order valence-corrected chi connectivity index (χ4v) is 7.53. The summed E-state index contributed by atoms with van der Waals surface area (Å²) >= 11 is 0. The van der Waals surface area contributed by atoms with Crippen LogP contribution in [0.25, 0.3) is 21.7 Å². The van der Waals surface area contributed by atoms with E-state index in [0.717, 1.165) is 27.3 Å². The number of hydrogen-bond acceptors (Lipinski definition) is 7. The molecule has 1 aromatic heterocycles. The zero-order valence-corrected chi connectivity index (χ0v) is 31.0. The minimum Gasteiger partial charge on any atom is -0.493 e. The number of ether oxygens (including phenoxy) is 2. The number of anilines is 1. The first kappa shape index (κ1) is 37.1. The predicted molar refractivity (Wildman–Crippen MR) is 213 cm³/mol. The van der Waals surface area contributed by atoms with Crippen LogP contribution in [0, 0.1) is 6.92 Å². The van der Waals surface area contributed by atoms with E-state index in [4.69, 9.17) is 13.9 Å². The van der Waals surface area contributed by atoms with Crippen LogP contribution in [-0.2, 0) is 27.3 Å². The quantitative estimate of drug-likeness (QED) is 0.0679. The monoisotopic (exact) mass is 736 g/mol. The number of hydrogen-bond donors (Lipinski definition) is 1. The number of carbonyl (C=O) groups excluding carboxylic acids is 3. The molecule has 55 heavy (non-hydrogen) atoms. The molecule has 3 atom stereocenters. The number of rotatable bonds is 14. The molecule has 7 rings (SSSR count). The Labute approximate surface area is 320 Å². The number of nitrogens with zero attached hydrogens (tertiary/aromatic N) is 2. The second-order valence-electron chi connectivity index (χ2n) is 13.9. The number of furan rings is 1. The Morgan fingerprint density at radius 2 is 1.65 bits per heavy atom. The van der Waals surface area contributed by atoms with E-state index in [1.807, 2.05) is 104 Å². The normalized spacial score (nSPS) is 15.4. The first-order valence-corrected chi connectivity index (χ1v) is 18.5. The van der Waals surface area contributed by atoms with E-state index in [-0.39, 0.29) is 44.4 Å². The van der Waals surface area contributed by atoms with Gasteiger partial charge in [-0.25, -0.2) is 0 Å². The largest absolute Gasteiger partial charge is 0.493 e. The molecule has 9 heteroatoms. The molecule has 0 radical (unpaired) electrons. The molecule has 0 fully saturated rings. The summed E-state index contributed by atoms with van der Waals surface area (Å²) in [6.07, 6.45) is 1.48. The Hall–Kier alpha value is -6.19. The van der Waals surface area contributed by atoms with Crippen molar-refractivity contribution in [2.45, 2.75) is 57.8 Å². The summed E-state index contributed by atoms with van der Waals surface area (Å²) in [5, 5.41) is 12.4. The fraction of sp³-hybridized carbons (Fsp3) is 0.239. The Bertz CT molecular complexity index is 2310. The number of benzene rings is 5. The highest BCUT2D eigenvalue weighted by Gasteiger charge is 2.50. The van der Waals surface area contributed by atoms with Crippen molar-refractivity contribution in [3.63, 3.8) is 0 Å². The van der Waals surface area contributed by atoms with Gasteiger partial charge in [-0.3, -0.25) is 14.4 Å². The number of aliphatic hydroxyl groups is 1. The maximum atomic E-state index is 15.0. The van der Waals surface area contributed by atoms with Crippen molar-refractivity contribution in [3.05, 3.63) is 156 Å². The van der Waals surface area contributed by atoms with E-state index < -0.39 is 24.2 Å². The SMILES string of the molecule is C=CCC(OC(C)=O)[C@@H]1[C@@H](N(Cc2cc3ccccc3o2)C(=O)c2ccc(C)cc2)c2cc(OCCCO)ccc2N1C(=O)Cc1ccc2ccccc2c1. The van der Waals surface area contributed by atoms with Crippen molar-refractivity contribution in [3.8, 4) is 5.75 Å². The molecule has 1 aliphatic heterocycles. The summed E-state index contributed by atoms with van der Waals surface area (Å²) in [5.74, 6) is 0.0119. The van der Waals surface area contributed by atoms with E-state index in [0.29, 0.717) is 40.3 Å². The highest BCUT2D eigenvalue weighted by molar-refractivity contribution is 6.00. The molecular weight excluding hydrogens is 693 g/mol. The van der Waals surface area contributed by atoms with E-state index in [2.05, 4.69) is 6.58 Å². The molecule has 2 heterocycles. The van der Waals surface area contributed by atoms with Crippen LogP contribution in [0.1, 0.15) is 58.6 Å². The number of fused-ring (bicyclic) bond motifs is 3. The van der Waals surface area contributed by atoms with Crippen LogP contribution in [0.5, 0.6) is 5.75 Å². The molecule has 1 aliphatic rings. The van der Waals surface area contributed by atoms with Gasteiger partial charge in [0.1, 0.15) is 23.2 Å². The van der Waals surface area contributed by atoms with Crippen LogP contribution in [0.4, 0.5) is 5.69 Å². The minimum atomic E-state index is -0.879. The lowest BCUT2D eigenvalue weighted by molar-refractivity contribution is -0.148. The average Bonchev–Trinajstić information content (AvgIpc) is 3.75. The number of amides is 2. The highest BCUT2D eigenvalue weighted by Crippen LogP contribution is 2.48. The highest BCUT2D eigenvalue weighted by atomic mass is 16.5.